The maximum Gasteiger partial charge on any atom is 0.141 e. The van der Waals surface area contributed by atoms with Gasteiger partial charge >= 0.3 is 0 Å². The van der Waals surface area contributed by atoms with Gasteiger partial charge in [0.2, 0.25) is 0 Å². The van der Waals surface area contributed by atoms with Crippen molar-refractivity contribution in [3.05, 3.63) is 47.5 Å². The lowest BCUT2D eigenvalue weighted by molar-refractivity contribution is 0.327. The van der Waals surface area contributed by atoms with E-state index in [1.807, 2.05) is 12.1 Å². The minimum atomic E-state index is -0.428. The third kappa shape index (κ3) is 3.41. The highest BCUT2D eigenvalue weighted by Gasteiger charge is 2.22. The Bertz CT molecular complexity index is 494. The third-order valence-corrected chi connectivity index (χ3v) is 3.99. The number of nitrogens with zero attached hydrogens (tertiary/aromatic N) is 1. The maximum atomic E-state index is 13.6. The van der Waals surface area contributed by atoms with E-state index in [0.717, 1.165) is 37.7 Å². The molecule has 0 amide bonds. The molecule has 0 heterocycles. The van der Waals surface area contributed by atoms with Gasteiger partial charge in [-0.2, -0.15) is 5.26 Å². The van der Waals surface area contributed by atoms with E-state index in [-0.39, 0.29) is 5.56 Å². The standard InChI is InChI=1S/C16H17F2N/c17-9-1-2-12-3-5-13(6-4-12)14-7-8-15(11-19)16(18)10-14/h1,7-10,12-13H,2-6H2. The summed E-state index contributed by atoms with van der Waals surface area (Å²) in [5.41, 5.74) is 1.08. The van der Waals surface area contributed by atoms with E-state index in [0.29, 0.717) is 18.2 Å². The Morgan fingerprint density at radius 2 is 2.00 bits per heavy atom. The summed E-state index contributed by atoms with van der Waals surface area (Å²) in [7, 11) is 0. The summed E-state index contributed by atoms with van der Waals surface area (Å²) in [5.74, 6) is 0.488. The van der Waals surface area contributed by atoms with E-state index >= 15 is 0 Å². The average Bonchev–Trinajstić information content (AvgIpc) is 2.45. The molecule has 0 bridgehead atoms. The lowest BCUT2D eigenvalue weighted by Crippen LogP contribution is -2.13. The zero-order valence-corrected chi connectivity index (χ0v) is 10.8. The zero-order chi connectivity index (χ0) is 13.7. The quantitative estimate of drug-likeness (QED) is 0.763. The molecule has 0 spiro atoms. The first-order valence-corrected chi connectivity index (χ1v) is 6.69. The molecule has 1 aromatic rings. The normalized spacial score (nSPS) is 23.4. The van der Waals surface area contributed by atoms with Gasteiger partial charge < -0.3 is 0 Å². The van der Waals surface area contributed by atoms with Crippen LogP contribution in [0.2, 0.25) is 0 Å². The van der Waals surface area contributed by atoms with Crippen LogP contribution in [-0.4, -0.2) is 0 Å². The summed E-state index contributed by atoms with van der Waals surface area (Å²) in [6.45, 7) is 0. The molecule has 19 heavy (non-hydrogen) atoms. The molecule has 0 N–H and O–H groups in total. The van der Waals surface area contributed by atoms with Gasteiger partial charge in [-0.25, -0.2) is 8.78 Å². The summed E-state index contributed by atoms with van der Waals surface area (Å²) in [4.78, 5) is 0. The molecule has 0 atom stereocenters. The number of halogens is 2. The van der Waals surface area contributed by atoms with Crippen LogP contribution in [0.25, 0.3) is 0 Å². The van der Waals surface area contributed by atoms with E-state index in [9.17, 15) is 8.78 Å². The van der Waals surface area contributed by atoms with Crippen molar-refractivity contribution in [2.45, 2.75) is 38.0 Å². The zero-order valence-electron chi connectivity index (χ0n) is 10.8. The SMILES string of the molecule is N#Cc1ccc(C2CCC(CC=CF)CC2)cc1F. The number of nitriles is 1. The van der Waals surface area contributed by atoms with Gasteiger partial charge in [0.1, 0.15) is 11.9 Å². The van der Waals surface area contributed by atoms with Crippen molar-refractivity contribution in [3.63, 3.8) is 0 Å². The molecule has 2 rings (SSSR count). The molecule has 0 aromatic heterocycles. The maximum absolute atomic E-state index is 13.6. The van der Waals surface area contributed by atoms with Gasteiger partial charge in [-0.15, -0.1) is 0 Å². The number of hydrogen-bond acceptors (Lipinski definition) is 1. The van der Waals surface area contributed by atoms with E-state index in [4.69, 9.17) is 5.26 Å². The third-order valence-electron chi connectivity index (χ3n) is 3.99. The fourth-order valence-corrected chi connectivity index (χ4v) is 2.85. The fraction of sp³-hybridized carbons (Fsp3) is 0.438. The summed E-state index contributed by atoms with van der Waals surface area (Å²) in [5, 5.41) is 8.71. The molecule has 1 aliphatic carbocycles. The molecule has 1 fully saturated rings. The lowest BCUT2D eigenvalue weighted by Gasteiger charge is -2.28. The topological polar surface area (TPSA) is 23.8 Å². The van der Waals surface area contributed by atoms with Gasteiger partial charge in [0.05, 0.1) is 11.9 Å². The predicted octanol–water partition coefficient (Wildman–Crippen LogP) is 4.84. The van der Waals surface area contributed by atoms with Crippen LogP contribution in [0.1, 0.15) is 49.1 Å². The van der Waals surface area contributed by atoms with Crippen LogP contribution in [-0.2, 0) is 0 Å². The molecule has 1 aromatic carbocycles. The molecule has 0 radical (unpaired) electrons. The van der Waals surface area contributed by atoms with Crippen LogP contribution in [0.4, 0.5) is 8.78 Å². The second-order valence-corrected chi connectivity index (χ2v) is 5.17. The highest BCUT2D eigenvalue weighted by molar-refractivity contribution is 5.34. The number of rotatable bonds is 3. The summed E-state index contributed by atoms with van der Waals surface area (Å²) < 4.78 is 25.5. The van der Waals surface area contributed by atoms with Gasteiger partial charge in [-0.3, -0.25) is 0 Å². The molecule has 0 unspecified atom stereocenters. The van der Waals surface area contributed by atoms with Crippen molar-refractivity contribution in [3.8, 4) is 6.07 Å². The smallest absolute Gasteiger partial charge is 0.141 e. The Morgan fingerprint density at radius 3 is 2.58 bits per heavy atom. The number of hydrogen-bond donors (Lipinski definition) is 0. The van der Waals surface area contributed by atoms with Crippen molar-refractivity contribution in [1.29, 1.82) is 5.26 Å². The highest BCUT2D eigenvalue weighted by Crippen LogP contribution is 2.37. The Hall–Kier alpha value is -1.69. The van der Waals surface area contributed by atoms with Crippen molar-refractivity contribution in [2.75, 3.05) is 0 Å². The minimum Gasteiger partial charge on any atom is -0.216 e. The van der Waals surface area contributed by atoms with Crippen molar-refractivity contribution in [1.82, 2.24) is 0 Å². The van der Waals surface area contributed by atoms with Crippen molar-refractivity contribution >= 4 is 0 Å². The second kappa shape index (κ2) is 6.47. The lowest BCUT2D eigenvalue weighted by atomic mass is 9.77. The van der Waals surface area contributed by atoms with Crippen LogP contribution in [0, 0.1) is 23.1 Å². The van der Waals surface area contributed by atoms with Gasteiger partial charge in [0.25, 0.3) is 0 Å². The molecule has 1 nitrogen and oxygen atoms in total. The van der Waals surface area contributed by atoms with E-state index in [1.165, 1.54) is 6.07 Å². The van der Waals surface area contributed by atoms with E-state index in [2.05, 4.69) is 0 Å². The van der Waals surface area contributed by atoms with Gasteiger partial charge in [-0.1, -0.05) is 12.1 Å². The molecule has 100 valence electrons. The van der Waals surface area contributed by atoms with Gasteiger partial charge in [0.15, 0.2) is 0 Å². The summed E-state index contributed by atoms with van der Waals surface area (Å²) in [6, 6.07) is 6.74. The van der Waals surface area contributed by atoms with Crippen LogP contribution in [0.5, 0.6) is 0 Å². The van der Waals surface area contributed by atoms with Crippen LogP contribution >= 0.6 is 0 Å². The predicted molar refractivity (Wildman–Crippen MR) is 70.7 cm³/mol. The Labute approximate surface area is 112 Å². The molecule has 0 saturated heterocycles. The van der Waals surface area contributed by atoms with Crippen LogP contribution in [0.3, 0.4) is 0 Å². The monoisotopic (exact) mass is 261 g/mol. The molecule has 1 saturated carbocycles. The van der Waals surface area contributed by atoms with Crippen molar-refractivity contribution in [2.24, 2.45) is 5.92 Å². The highest BCUT2D eigenvalue weighted by atomic mass is 19.1. The Morgan fingerprint density at radius 1 is 1.26 bits per heavy atom. The van der Waals surface area contributed by atoms with Crippen molar-refractivity contribution < 1.29 is 8.78 Å². The van der Waals surface area contributed by atoms with Crippen LogP contribution < -0.4 is 0 Å². The Balaban J connectivity index is 1.98. The first-order valence-electron chi connectivity index (χ1n) is 6.69. The Kier molecular flexibility index (Phi) is 4.68. The number of allylic oxidation sites excluding steroid dienone is 1. The molecule has 1 aliphatic rings. The minimum absolute atomic E-state index is 0.102. The summed E-state index contributed by atoms with van der Waals surface area (Å²) in [6.07, 6.45) is 7.11. The average molecular weight is 261 g/mol. The van der Waals surface area contributed by atoms with Gasteiger partial charge in [0, 0.05) is 0 Å². The van der Waals surface area contributed by atoms with E-state index < -0.39 is 5.82 Å². The first-order chi connectivity index (χ1) is 9.24. The number of benzene rings is 1. The molecular weight excluding hydrogens is 244 g/mol. The van der Waals surface area contributed by atoms with Gasteiger partial charge in [-0.05, 0) is 61.6 Å². The molecule has 0 aliphatic heterocycles. The van der Waals surface area contributed by atoms with E-state index in [1.54, 1.807) is 12.1 Å². The fourth-order valence-electron chi connectivity index (χ4n) is 2.85. The summed E-state index contributed by atoms with van der Waals surface area (Å²) >= 11 is 0. The van der Waals surface area contributed by atoms with Crippen LogP contribution in [0.15, 0.2) is 30.6 Å². The second-order valence-electron chi connectivity index (χ2n) is 5.17. The first kappa shape index (κ1) is 13.7. The largest absolute Gasteiger partial charge is 0.216 e. The molecular formula is C16H17F2N. The molecule has 3 heteroatoms.